The fraction of sp³-hybridized carbons (Fsp3) is 0.412. The molecule has 17 heteroatoms. The van der Waals surface area contributed by atoms with Crippen molar-refractivity contribution in [2.24, 2.45) is 12.2 Å². The van der Waals surface area contributed by atoms with Crippen molar-refractivity contribution in [3.63, 3.8) is 0 Å². The van der Waals surface area contributed by atoms with Crippen LogP contribution < -0.4 is 11.1 Å². The van der Waals surface area contributed by atoms with Crippen molar-refractivity contribution in [1.82, 2.24) is 35.4 Å². The predicted molar refractivity (Wildman–Crippen MR) is 124 cm³/mol. The summed E-state index contributed by atoms with van der Waals surface area (Å²) in [4.78, 5) is 47.9. The molecule has 1 fully saturated rings. The average molecular weight is 526 g/mol. The standard InChI is InChI=1S/C17H19N9O5S3/c1-6-7(4-33-17-21-23-24-25(17)2)11(15(29)30)26-13(28)10(14(26)34-6)20-12(27)9(22-31-3)8-5-32-16(18)19-8/h5-6,10,14H,4H2,1-3H3,(H2,18,19)(H,20,27)(H,29,30)/b22-9-/t6-,10?,14-/m0/s1. The van der Waals surface area contributed by atoms with Crippen LogP contribution in [0.25, 0.3) is 0 Å². The van der Waals surface area contributed by atoms with Gasteiger partial charge >= 0.3 is 5.97 Å². The number of carboxylic acid groups (broad SMARTS) is 1. The van der Waals surface area contributed by atoms with Crippen molar-refractivity contribution in [1.29, 1.82) is 0 Å². The average Bonchev–Trinajstić information content (AvgIpc) is 3.41. The second-order valence-electron chi connectivity index (χ2n) is 7.07. The number of hydrogen-bond donors (Lipinski definition) is 3. The topological polar surface area (TPSA) is 191 Å². The number of thioether (sulfide) groups is 2. The van der Waals surface area contributed by atoms with Gasteiger partial charge in [0.1, 0.15) is 29.9 Å². The lowest BCUT2D eigenvalue weighted by Gasteiger charge is -2.51. The van der Waals surface area contributed by atoms with Gasteiger partial charge in [-0.05, 0) is 22.9 Å². The van der Waals surface area contributed by atoms with E-state index >= 15 is 0 Å². The van der Waals surface area contributed by atoms with Gasteiger partial charge in [0.15, 0.2) is 10.8 Å². The maximum absolute atomic E-state index is 13.0. The number of carboxylic acids is 1. The van der Waals surface area contributed by atoms with Gasteiger partial charge in [-0.15, -0.1) is 28.2 Å². The van der Waals surface area contributed by atoms with Gasteiger partial charge in [-0.3, -0.25) is 14.5 Å². The maximum Gasteiger partial charge on any atom is 0.352 e. The van der Waals surface area contributed by atoms with Crippen molar-refractivity contribution in [3.05, 3.63) is 22.3 Å². The lowest BCUT2D eigenvalue weighted by molar-refractivity contribution is -0.150. The molecule has 0 spiro atoms. The fourth-order valence-corrected chi connectivity index (χ4v) is 6.52. The van der Waals surface area contributed by atoms with Crippen molar-refractivity contribution in [2.75, 3.05) is 18.6 Å². The van der Waals surface area contributed by atoms with Gasteiger partial charge in [-0.25, -0.2) is 14.5 Å². The van der Waals surface area contributed by atoms with Gasteiger partial charge in [-0.1, -0.05) is 16.9 Å². The van der Waals surface area contributed by atoms with Gasteiger partial charge in [0.05, 0.1) is 0 Å². The van der Waals surface area contributed by atoms with Gasteiger partial charge in [0.2, 0.25) is 5.16 Å². The molecule has 2 aliphatic heterocycles. The number of nitrogen functional groups attached to an aromatic ring is 1. The quantitative estimate of drug-likeness (QED) is 0.174. The zero-order valence-corrected chi connectivity index (χ0v) is 20.5. The normalized spacial score (nSPS) is 22.3. The molecular formula is C17H19N9O5S3. The summed E-state index contributed by atoms with van der Waals surface area (Å²) in [7, 11) is 2.95. The van der Waals surface area contributed by atoms with E-state index in [1.54, 1.807) is 12.4 Å². The van der Waals surface area contributed by atoms with Crippen LogP contribution in [-0.4, -0.2) is 88.2 Å². The van der Waals surface area contributed by atoms with Crippen LogP contribution in [-0.2, 0) is 26.3 Å². The molecule has 0 aromatic carbocycles. The number of carbonyl (C=O) groups excluding carboxylic acids is 2. The zero-order valence-electron chi connectivity index (χ0n) is 18.0. The molecule has 0 aliphatic carbocycles. The summed E-state index contributed by atoms with van der Waals surface area (Å²) in [6, 6.07) is -0.940. The third kappa shape index (κ3) is 4.32. The third-order valence-electron chi connectivity index (χ3n) is 5.01. The lowest BCUT2D eigenvalue weighted by Crippen LogP contribution is -2.71. The molecule has 2 aromatic heterocycles. The number of nitrogens with zero attached hydrogens (tertiary/aromatic N) is 7. The number of aryl methyl sites for hydroxylation is 1. The highest BCUT2D eigenvalue weighted by molar-refractivity contribution is 8.01. The molecule has 2 aromatic rings. The number of nitrogens with two attached hydrogens (primary N) is 1. The number of β-lactam (4-membered cyclic amide) rings is 1. The van der Waals surface area contributed by atoms with E-state index in [0.717, 1.165) is 11.3 Å². The first-order valence-electron chi connectivity index (χ1n) is 9.66. The van der Waals surface area contributed by atoms with E-state index < -0.39 is 29.2 Å². The number of tetrazole rings is 1. The first kappa shape index (κ1) is 24.0. The Morgan fingerprint density at radius 3 is 2.79 bits per heavy atom. The lowest BCUT2D eigenvalue weighted by atomic mass is 10.0. The van der Waals surface area contributed by atoms with Crippen molar-refractivity contribution >= 4 is 63.5 Å². The van der Waals surface area contributed by atoms with E-state index in [0.29, 0.717) is 10.7 Å². The van der Waals surface area contributed by atoms with Crippen LogP contribution >= 0.6 is 34.9 Å². The molecule has 1 saturated heterocycles. The monoisotopic (exact) mass is 525 g/mol. The van der Waals surface area contributed by atoms with E-state index in [9.17, 15) is 19.5 Å². The molecule has 0 radical (unpaired) electrons. The van der Waals surface area contributed by atoms with Crippen LogP contribution in [0.1, 0.15) is 12.6 Å². The number of oxime groups is 1. The Morgan fingerprint density at radius 1 is 1.44 bits per heavy atom. The number of anilines is 1. The van der Waals surface area contributed by atoms with E-state index in [4.69, 9.17) is 10.6 Å². The van der Waals surface area contributed by atoms with Crippen molar-refractivity contribution in [3.8, 4) is 0 Å². The Hall–Kier alpha value is -3.18. The summed E-state index contributed by atoms with van der Waals surface area (Å²) < 4.78 is 1.48. The Morgan fingerprint density at radius 2 is 2.21 bits per heavy atom. The summed E-state index contributed by atoms with van der Waals surface area (Å²) in [6.07, 6.45) is 0. The molecule has 3 atom stereocenters. The minimum absolute atomic E-state index is 0.0903. The number of carbonyl (C=O) groups is 3. The number of fused-ring (bicyclic) bond motifs is 1. The van der Waals surface area contributed by atoms with E-state index in [1.165, 1.54) is 40.2 Å². The molecule has 14 nitrogen and oxygen atoms in total. The molecular weight excluding hydrogens is 506 g/mol. The highest BCUT2D eigenvalue weighted by Gasteiger charge is 2.55. The summed E-state index contributed by atoms with van der Waals surface area (Å²) in [5.74, 6) is -2.16. The highest BCUT2D eigenvalue weighted by atomic mass is 32.2. The first-order valence-corrected chi connectivity index (χ1v) is 12.5. The molecule has 4 heterocycles. The predicted octanol–water partition coefficient (Wildman–Crippen LogP) is -0.481. The zero-order chi connectivity index (χ0) is 24.6. The molecule has 4 rings (SSSR count). The van der Waals surface area contributed by atoms with E-state index in [1.807, 2.05) is 6.92 Å². The smallest absolute Gasteiger partial charge is 0.352 e. The molecule has 180 valence electrons. The van der Waals surface area contributed by atoms with Crippen molar-refractivity contribution < 1.29 is 24.3 Å². The summed E-state index contributed by atoms with van der Waals surface area (Å²) in [5.41, 5.74) is 6.18. The van der Waals surface area contributed by atoms with Gasteiger partial charge in [0, 0.05) is 23.4 Å². The molecule has 2 aliphatic rings. The van der Waals surface area contributed by atoms with Crippen LogP contribution in [0.4, 0.5) is 5.13 Å². The van der Waals surface area contributed by atoms with Crippen molar-refractivity contribution in [2.45, 2.75) is 28.7 Å². The maximum atomic E-state index is 13.0. The minimum Gasteiger partial charge on any atom is -0.477 e. The van der Waals surface area contributed by atoms with Crippen LogP contribution in [0.5, 0.6) is 0 Å². The number of thiazole rings is 1. The van der Waals surface area contributed by atoms with Crippen LogP contribution in [0.3, 0.4) is 0 Å². The second-order valence-corrected chi connectivity index (χ2v) is 10.4. The Kier molecular flexibility index (Phi) is 6.76. The summed E-state index contributed by atoms with van der Waals surface area (Å²) in [5, 5.41) is 28.9. The van der Waals surface area contributed by atoms with E-state index in [-0.39, 0.29) is 33.2 Å². The van der Waals surface area contributed by atoms with Crippen LogP contribution in [0.15, 0.2) is 27.0 Å². The van der Waals surface area contributed by atoms with Gasteiger partial charge < -0.3 is 21.0 Å². The Balaban J connectivity index is 1.54. The molecule has 4 N–H and O–H groups in total. The van der Waals surface area contributed by atoms with Gasteiger partial charge in [-0.2, -0.15) is 0 Å². The Labute approximate surface area is 205 Å². The summed E-state index contributed by atoms with van der Waals surface area (Å²) >= 11 is 3.78. The number of aromatic nitrogens is 5. The number of aliphatic carboxylic acids is 1. The van der Waals surface area contributed by atoms with Crippen LogP contribution in [0.2, 0.25) is 0 Å². The van der Waals surface area contributed by atoms with E-state index in [2.05, 4.69) is 31.0 Å². The third-order valence-corrected chi connectivity index (χ3v) is 8.20. The second kappa shape index (κ2) is 9.59. The van der Waals surface area contributed by atoms with Crippen LogP contribution in [0, 0.1) is 0 Å². The Bertz CT molecular complexity index is 1210. The molecule has 34 heavy (non-hydrogen) atoms. The molecule has 1 unspecified atom stereocenters. The highest BCUT2D eigenvalue weighted by Crippen LogP contribution is 2.45. The molecule has 2 amide bonds. The minimum atomic E-state index is -1.22. The number of rotatable bonds is 8. The molecule has 0 bridgehead atoms. The molecule has 0 saturated carbocycles. The number of nitrogens with one attached hydrogen (secondary N) is 1. The number of amides is 2. The van der Waals surface area contributed by atoms with Gasteiger partial charge in [0.25, 0.3) is 11.8 Å². The number of hydrogen-bond acceptors (Lipinski definition) is 13. The SMILES string of the molecule is CO/N=C(\C(=O)NC1C(=O)N2C(C(=O)O)=C(CSc3nnnn3C)[C@H](C)S[C@@H]12)c1csc(N)n1. The first-order chi connectivity index (χ1) is 16.2. The largest absolute Gasteiger partial charge is 0.477 e. The summed E-state index contributed by atoms with van der Waals surface area (Å²) in [6.45, 7) is 1.85. The fourth-order valence-electron chi connectivity index (χ4n) is 3.43.